The van der Waals surface area contributed by atoms with E-state index in [0.29, 0.717) is 18.3 Å². The summed E-state index contributed by atoms with van der Waals surface area (Å²) in [5.74, 6) is 0.318. The molecule has 0 aliphatic carbocycles. The summed E-state index contributed by atoms with van der Waals surface area (Å²) >= 11 is 1.79. The Kier molecular flexibility index (Phi) is 6.00. The molecule has 0 aromatic carbocycles. The largest absolute Gasteiger partial charge is 0.409 e. The first kappa shape index (κ1) is 14.0. The van der Waals surface area contributed by atoms with Crippen molar-refractivity contribution in [2.75, 3.05) is 13.6 Å². The zero-order chi connectivity index (χ0) is 12.7. The fraction of sp³-hybridized carbons (Fsp3) is 0.583. The molecule has 4 nitrogen and oxygen atoms in total. The van der Waals surface area contributed by atoms with E-state index in [1.165, 1.54) is 4.88 Å². The maximum atomic E-state index is 8.41. The summed E-state index contributed by atoms with van der Waals surface area (Å²) in [6.07, 6.45) is 2.68. The first-order valence-corrected chi connectivity index (χ1v) is 6.73. The average Bonchev–Trinajstić information content (AvgIpc) is 2.86. The molecule has 0 radical (unpaired) electrons. The van der Waals surface area contributed by atoms with E-state index in [0.717, 1.165) is 19.4 Å². The summed E-state index contributed by atoms with van der Waals surface area (Å²) in [5.41, 5.74) is 5.41. The van der Waals surface area contributed by atoms with Crippen LogP contribution in [0.1, 0.15) is 37.1 Å². The van der Waals surface area contributed by atoms with Gasteiger partial charge in [0.05, 0.1) is 0 Å². The van der Waals surface area contributed by atoms with Gasteiger partial charge in [-0.2, -0.15) is 0 Å². The highest BCUT2D eigenvalue weighted by atomic mass is 32.1. The minimum Gasteiger partial charge on any atom is -0.409 e. The van der Waals surface area contributed by atoms with Gasteiger partial charge in [-0.1, -0.05) is 11.2 Å². The molecule has 1 unspecified atom stereocenters. The third-order valence-corrected chi connectivity index (χ3v) is 3.98. The number of unbranched alkanes of at least 4 members (excludes halogenated alkanes) is 1. The SMILES string of the molecule is CC(c1cccs1)N(C)CCCC/C(N)=N/O. The lowest BCUT2D eigenvalue weighted by Crippen LogP contribution is -2.23. The Labute approximate surface area is 107 Å². The summed E-state index contributed by atoms with van der Waals surface area (Å²) in [5, 5.41) is 13.5. The Balaban J connectivity index is 2.23. The maximum absolute atomic E-state index is 8.41. The molecule has 0 bridgehead atoms. The summed E-state index contributed by atoms with van der Waals surface area (Å²) in [4.78, 5) is 3.72. The lowest BCUT2D eigenvalue weighted by Gasteiger charge is -2.23. The molecule has 1 rings (SSSR count). The number of nitrogens with zero attached hydrogens (tertiary/aromatic N) is 2. The van der Waals surface area contributed by atoms with Crippen molar-refractivity contribution in [2.45, 2.75) is 32.2 Å². The molecule has 17 heavy (non-hydrogen) atoms. The molecule has 0 saturated carbocycles. The summed E-state index contributed by atoms with van der Waals surface area (Å²) in [7, 11) is 2.13. The van der Waals surface area contributed by atoms with Crippen LogP contribution in [-0.2, 0) is 0 Å². The van der Waals surface area contributed by atoms with Crippen LogP contribution in [0, 0.1) is 0 Å². The van der Waals surface area contributed by atoms with Crippen molar-refractivity contribution < 1.29 is 5.21 Å². The highest BCUT2D eigenvalue weighted by molar-refractivity contribution is 7.10. The highest BCUT2D eigenvalue weighted by Crippen LogP contribution is 2.23. The second-order valence-electron chi connectivity index (χ2n) is 4.22. The first-order chi connectivity index (χ1) is 8.15. The molecule has 1 aromatic rings. The number of oxime groups is 1. The lowest BCUT2D eigenvalue weighted by molar-refractivity contribution is 0.259. The average molecular weight is 255 g/mol. The van der Waals surface area contributed by atoms with E-state index in [1.54, 1.807) is 11.3 Å². The van der Waals surface area contributed by atoms with Crippen LogP contribution in [0.15, 0.2) is 22.7 Å². The molecule has 96 valence electrons. The Hall–Kier alpha value is -1.07. The standard InChI is InChI=1S/C12H21N3OS/c1-10(11-6-5-9-17-11)15(2)8-4-3-7-12(13)14-16/h5-6,9-10,16H,3-4,7-8H2,1-2H3,(H2,13,14). The van der Waals surface area contributed by atoms with Crippen LogP contribution < -0.4 is 5.73 Å². The Morgan fingerprint density at radius 3 is 2.94 bits per heavy atom. The van der Waals surface area contributed by atoms with E-state index in [2.05, 4.69) is 41.5 Å². The van der Waals surface area contributed by atoms with Gasteiger partial charge in [0.25, 0.3) is 0 Å². The summed E-state index contributed by atoms with van der Waals surface area (Å²) in [6.45, 7) is 3.24. The van der Waals surface area contributed by atoms with Crippen LogP contribution in [0.3, 0.4) is 0 Å². The number of rotatable bonds is 7. The molecule has 0 aliphatic heterocycles. The van der Waals surface area contributed by atoms with Crippen LogP contribution in [0.4, 0.5) is 0 Å². The molecule has 1 aromatic heterocycles. The molecule has 5 heteroatoms. The van der Waals surface area contributed by atoms with Gasteiger partial charge in [-0.15, -0.1) is 11.3 Å². The van der Waals surface area contributed by atoms with Gasteiger partial charge in [0.1, 0.15) is 5.84 Å². The second kappa shape index (κ2) is 7.29. The molecule has 1 atom stereocenters. The van der Waals surface area contributed by atoms with E-state index in [4.69, 9.17) is 10.9 Å². The number of amidine groups is 1. The van der Waals surface area contributed by atoms with Crippen molar-refractivity contribution >= 4 is 17.2 Å². The zero-order valence-electron chi connectivity index (χ0n) is 10.5. The molecule has 0 spiro atoms. The van der Waals surface area contributed by atoms with Gasteiger partial charge >= 0.3 is 0 Å². The van der Waals surface area contributed by atoms with Crippen molar-refractivity contribution in [3.63, 3.8) is 0 Å². The topological polar surface area (TPSA) is 61.8 Å². The van der Waals surface area contributed by atoms with Gasteiger partial charge < -0.3 is 10.9 Å². The first-order valence-electron chi connectivity index (χ1n) is 5.85. The third-order valence-electron chi connectivity index (χ3n) is 2.94. The molecule has 0 aliphatic rings. The van der Waals surface area contributed by atoms with E-state index < -0.39 is 0 Å². The number of hydrogen-bond acceptors (Lipinski definition) is 4. The number of nitrogens with two attached hydrogens (primary N) is 1. The van der Waals surface area contributed by atoms with Gasteiger partial charge in [-0.25, -0.2) is 0 Å². The fourth-order valence-corrected chi connectivity index (χ4v) is 2.51. The van der Waals surface area contributed by atoms with Gasteiger partial charge in [-0.3, -0.25) is 4.90 Å². The molecule has 0 saturated heterocycles. The van der Waals surface area contributed by atoms with Crippen LogP contribution in [0.5, 0.6) is 0 Å². The van der Waals surface area contributed by atoms with Crippen molar-refractivity contribution in [2.24, 2.45) is 10.9 Å². The van der Waals surface area contributed by atoms with Gasteiger partial charge in [0.2, 0.25) is 0 Å². The molecule has 0 fully saturated rings. The normalized spacial score (nSPS) is 14.2. The van der Waals surface area contributed by atoms with Crippen molar-refractivity contribution in [1.82, 2.24) is 4.90 Å². The predicted octanol–water partition coefficient (Wildman–Crippen LogP) is 2.66. The minimum absolute atomic E-state index is 0.318. The highest BCUT2D eigenvalue weighted by Gasteiger charge is 2.11. The lowest BCUT2D eigenvalue weighted by atomic mass is 10.2. The van der Waals surface area contributed by atoms with Crippen LogP contribution in [-0.4, -0.2) is 29.5 Å². The quantitative estimate of drug-likeness (QED) is 0.259. The van der Waals surface area contributed by atoms with Gasteiger partial charge in [0, 0.05) is 17.3 Å². The second-order valence-corrected chi connectivity index (χ2v) is 5.20. The Morgan fingerprint density at radius 1 is 1.59 bits per heavy atom. The van der Waals surface area contributed by atoms with Crippen molar-refractivity contribution in [3.8, 4) is 0 Å². The maximum Gasteiger partial charge on any atom is 0.139 e. The van der Waals surface area contributed by atoms with Gasteiger partial charge in [-0.05, 0) is 44.8 Å². The minimum atomic E-state index is 0.318. The number of thiophene rings is 1. The van der Waals surface area contributed by atoms with E-state index in [9.17, 15) is 0 Å². The van der Waals surface area contributed by atoms with Crippen LogP contribution >= 0.6 is 11.3 Å². The zero-order valence-corrected chi connectivity index (χ0v) is 11.3. The predicted molar refractivity (Wildman–Crippen MR) is 72.6 cm³/mol. The fourth-order valence-electron chi connectivity index (χ4n) is 1.66. The Bertz CT molecular complexity index is 338. The van der Waals surface area contributed by atoms with E-state index >= 15 is 0 Å². The molecule has 0 amide bonds. The summed E-state index contributed by atoms with van der Waals surface area (Å²) in [6, 6.07) is 4.71. The van der Waals surface area contributed by atoms with Crippen molar-refractivity contribution in [3.05, 3.63) is 22.4 Å². The van der Waals surface area contributed by atoms with E-state index in [1.807, 2.05) is 0 Å². The molecular weight excluding hydrogens is 234 g/mol. The third kappa shape index (κ3) is 4.75. The smallest absolute Gasteiger partial charge is 0.139 e. The van der Waals surface area contributed by atoms with E-state index in [-0.39, 0.29) is 0 Å². The van der Waals surface area contributed by atoms with Crippen LogP contribution in [0.25, 0.3) is 0 Å². The molecular formula is C12H21N3OS. The van der Waals surface area contributed by atoms with Crippen molar-refractivity contribution in [1.29, 1.82) is 0 Å². The van der Waals surface area contributed by atoms with Gasteiger partial charge in [0.15, 0.2) is 0 Å². The van der Waals surface area contributed by atoms with Crippen LogP contribution in [0.2, 0.25) is 0 Å². The molecule has 1 heterocycles. The summed E-state index contributed by atoms with van der Waals surface area (Å²) < 4.78 is 0. The number of hydrogen-bond donors (Lipinski definition) is 2. The Morgan fingerprint density at radius 2 is 2.35 bits per heavy atom. The molecule has 3 N–H and O–H groups in total. The monoisotopic (exact) mass is 255 g/mol.